The Bertz CT molecular complexity index is 222. The third-order valence-electron chi connectivity index (χ3n) is 1.90. The Labute approximate surface area is 76.3 Å². The van der Waals surface area contributed by atoms with Crippen molar-refractivity contribution >= 4 is 9.92 Å². The molecule has 0 spiro atoms. The minimum absolute atomic E-state index is 0.459. The van der Waals surface area contributed by atoms with E-state index in [2.05, 4.69) is 0 Å². The van der Waals surface area contributed by atoms with Crippen LogP contribution in [0.15, 0.2) is 0 Å². The van der Waals surface area contributed by atoms with E-state index in [1.54, 1.807) is 4.31 Å². The molecule has 0 rings (SSSR count). The van der Waals surface area contributed by atoms with Crippen LogP contribution < -0.4 is 0 Å². The summed E-state index contributed by atoms with van der Waals surface area (Å²) in [4.78, 5) is 0. The lowest BCUT2D eigenvalue weighted by Crippen LogP contribution is -2.41. The molecule has 3 nitrogen and oxygen atoms in total. The molecular weight excluding hydrogens is 172 g/mol. The van der Waals surface area contributed by atoms with Crippen LogP contribution >= 0.6 is 0 Å². The third-order valence-corrected chi connectivity index (χ3v) is 4.80. The highest BCUT2D eigenvalue weighted by molar-refractivity contribution is 7.91. The van der Waals surface area contributed by atoms with Crippen LogP contribution in [0.5, 0.6) is 0 Å². The van der Waals surface area contributed by atoms with Gasteiger partial charge in [0.25, 0.3) is 0 Å². The SMILES string of the molecule is CCN(CC)S(=N)(=O)C(C)(C)C. The van der Waals surface area contributed by atoms with Crippen LogP contribution in [-0.4, -0.2) is 26.4 Å². The van der Waals surface area contributed by atoms with Crippen molar-refractivity contribution in [3.05, 3.63) is 0 Å². The second-order valence-corrected chi connectivity index (χ2v) is 6.55. The van der Waals surface area contributed by atoms with Gasteiger partial charge in [0.05, 0.1) is 4.75 Å². The lowest BCUT2D eigenvalue weighted by atomic mass is 10.3. The second-order valence-electron chi connectivity index (χ2n) is 3.75. The maximum atomic E-state index is 12.0. The van der Waals surface area contributed by atoms with Gasteiger partial charge in [-0.25, -0.2) is 13.3 Å². The van der Waals surface area contributed by atoms with Gasteiger partial charge >= 0.3 is 0 Å². The quantitative estimate of drug-likeness (QED) is 0.731. The first kappa shape index (κ1) is 11.9. The largest absolute Gasteiger partial charge is 0.240 e. The number of nitrogens with zero attached hydrogens (tertiary/aromatic N) is 1. The van der Waals surface area contributed by atoms with Crippen LogP contribution in [0.25, 0.3) is 0 Å². The van der Waals surface area contributed by atoms with E-state index in [0.717, 1.165) is 0 Å². The summed E-state index contributed by atoms with van der Waals surface area (Å²) in [5, 5.41) is 0. The molecule has 1 unspecified atom stereocenters. The van der Waals surface area contributed by atoms with E-state index < -0.39 is 14.7 Å². The fourth-order valence-corrected chi connectivity index (χ4v) is 2.48. The van der Waals surface area contributed by atoms with Crippen molar-refractivity contribution in [2.45, 2.75) is 39.4 Å². The molecule has 0 aliphatic heterocycles. The standard InChI is InChI=1S/C8H20N2OS/c1-6-10(7-2)12(9,11)8(3,4)5/h9H,6-7H2,1-5H3. The summed E-state index contributed by atoms with van der Waals surface area (Å²) >= 11 is 0. The number of hydrogen-bond acceptors (Lipinski definition) is 2. The molecule has 0 aromatic rings. The second kappa shape index (κ2) is 3.75. The highest BCUT2D eigenvalue weighted by Crippen LogP contribution is 2.20. The lowest BCUT2D eigenvalue weighted by molar-refractivity contribution is 0.461. The molecule has 4 heteroatoms. The normalized spacial score (nSPS) is 17.8. The van der Waals surface area contributed by atoms with Gasteiger partial charge in [0.2, 0.25) is 0 Å². The minimum Gasteiger partial charge on any atom is -0.240 e. The maximum Gasteiger partial charge on any atom is 0.112 e. The van der Waals surface area contributed by atoms with Gasteiger partial charge in [-0.1, -0.05) is 13.8 Å². The molecule has 0 saturated carbocycles. The third kappa shape index (κ3) is 2.20. The van der Waals surface area contributed by atoms with Gasteiger partial charge in [-0.15, -0.1) is 0 Å². The van der Waals surface area contributed by atoms with E-state index in [4.69, 9.17) is 4.78 Å². The van der Waals surface area contributed by atoms with Crippen molar-refractivity contribution in [2.24, 2.45) is 0 Å². The predicted octanol–water partition coefficient (Wildman–Crippen LogP) is 2.09. The molecule has 0 aliphatic rings. The molecule has 0 heterocycles. The molecule has 0 radical (unpaired) electrons. The lowest BCUT2D eigenvalue weighted by Gasteiger charge is -2.31. The van der Waals surface area contributed by atoms with Crippen LogP contribution in [0.1, 0.15) is 34.6 Å². The molecule has 1 atom stereocenters. The molecule has 0 fully saturated rings. The van der Waals surface area contributed by atoms with E-state index in [1.165, 1.54) is 0 Å². The van der Waals surface area contributed by atoms with E-state index >= 15 is 0 Å². The van der Waals surface area contributed by atoms with Gasteiger partial charge in [0.15, 0.2) is 0 Å². The van der Waals surface area contributed by atoms with Gasteiger partial charge in [-0.2, -0.15) is 0 Å². The Morgan fingerprint density at radius 2 is 1.58 bits per heavy atom. The Balaban J connectivity index is 4.85. The molecule has 0 bridgehead atoms. The molecule has 0 saturated heterocycles. The summed E-state index contributed by atoms with van der Waals surface area (Å²) < 4.78 is 21.0. The van der Waals surface area contributed by atoms with Gasteiger partial charge in [0, 0.05) is 13.1 Å². The van der Waals surface area contributed by atoms with E-state index in [1.807, 2.05) is 34.6 Å². The highest BCUT2D eigenvalue weighted by Gasteiger charge is 2.29. The van der Waals surface area contributed by atoms with Gasteiger partial charge < -0.3 is 0 Å². The molecule has 12 heavy (non-hydrogen) atoms. The summed E-state index contributed by atoms with van der Waals surface area (Å²) in [6.07, 6.45) is 0. The first-order valence-electron chi connectivity index (χ1n) is 4.30. The average molecular weight is 192 g/mol. The van der Waals surface area contributed by atoms with E-state index in [0.29, 0.717) is 13.1 Å². The zero-order chi connectivity index (χ0) is 9.99. The molecule has 0 aliphatic carbocycles. The minimum atomic E-state index is -2.61. The van der Waals surface area contributed by atoms with E-state index in [-0.39, 0.29) is 0 Å². The summed E-state index contributed by atoms with van der Waals surface area (Å²) in [6.45, 7) is 10.8. The van der Waals surface area contributed by atoms with Crippen LogP contribution in [-0.2, 0) is 9.92 Å². The fourth-order valence-electron chi connectivity index (χ4n) is 0.975. The molecule has 0 aromatic heterocycles. The molecule has 0 aromatic carbocycles. The van der Waals surface area contributed by atoms with Gasteiger partial charge in [-0.05, 0) is 20.8 Å². The summed E-state index contributed by atoms with van der Waals surface area (Å²) in [5.74, 6) is 0. The van der Waals surface area contributed by atoms with Crippen LogP contribution in [0.2, 0.25) is 0 Å². The molecular formula is C8H20N2OS. The number of rotatable bonds is 3. The Kier molecular flexibility index (Phi) is 3.72. The first-order chi connectivity index (χ1) is 5.27. The van der Waals surface area contributed by atoms with Crippen LogP contribution in [0, 0.1) is 4.78 Å². The fraction of sp³-hybridized carbons (Fsp3) is 1.00. The van der Waals surface area contributed by atoms with Crippen molar-refractivity contribution < 1.29 is 4.21 Å². The summed E-state index contributed by atoms with van der Waals surface area (Å²) in [6, 6.07) is 0. The number of hydrogen-bond donors (Lipinski definition) is 1. The molecule has 0 amide bonds. The van der Waals surface area contributed by atoms with Crippen LogP contribution in [0.3, 0.4) is 0 Å². The predicted molar refractivity (Wildman–Crippen MR) is 53.5 cm³/mol. The first-order valence-corrected chi connectivity index (χ1v) is 5.82. The van der Waals surface area contributed by atoms with Gasteiger partial charge in [-0.3, -0.25) is 0 Å². The zero-order valence-corrected chi connectivity index (χ0v) is 9.49. The topological polar surface area (TPSA) is 44.2 Å². The Morgan fingerprint density at radius 3 is 1.67 bits per heavy atom. The van der Waals surface area contributed by atoms with Crippen molar-refractivity contribution in [3.8, 4) is 0 Å². The average Bonchev–Trinajstić information content (AvgIpc) is 1.87. The smallest absolute Gasteiger partial charge is 0.112 e. The molecule has 1 N–H and O–H groups in total. The van der Waals surface area contributed by atoms with E-state index in [9.17, 15) is 4.21 Å². The summed E-state index contributed by atoms with van der Waals surface area (Å²) in [5.41, 5.74) is 0. The zero-order valence-electron chi connectivity index (χ0n) is 8.68. The number of nitrogens with one attached hydrogen (secondary N) is 1. The summed E-state index contributed by atoms with van der Waals surface area (Å²) in [7, 11) is -2.61. The Hall–Kier alpha value is -0.0900. The van der Waals surface area contributed by atoms with Gasteiger partial charge in [0.1, 0.15) is 9.92 Å². The van der Waals surface area contributed by atoms with Crippen LogP contribution in [0.4, 0.5) is 0 Å². The van der Waals surface area contributed by atoms with Crippen molar-refractivity contribution in [2.75, 3.05) is 13.1 Å². The monoisotopic (exact) mass is 192 g/mol. The van der Waals surface area contributed by atoms with Crippen molar-refractivity contribution in [3.63, 3.8) is 0 Å². The van der Waals surface area contributed by atoms with Crippen molar-refractivity contribution in [1.82, 2.24) is 4.31 Å². The maximum absolute atomic E-state index is 12.0. The molecule has 74 valence electrons. The van der Waals surface area contributed by atoms with Crippen molar-refractivity contribution in [1.29, 1.82) is 4.78 Å². The highest BCUT2D eigenvalue weighted by atomic mass is 32.2. The Morgan fingerprint density at radius 1 is 1.25 bits per heavy atom.